The lowest BCUT2D eigenvalue weighted by Gasteiger charge is -2.13. The third-order valence-corrected chi connectivity index (χ3v) is 6.84. The third kappa shape index (κ3) is 6.50. The van der Waals surface area contributed by atoms with E-state index in [2.05, 4.69) is 15.0 Å². The second kappa shape index (κ2) is 12.0. The van der Waals surface area contributed by atoms with Gasteiger partial charge >= 0.3 is 0 Å². The number of hydrogen-bond acceptors (Lipinski definition) is 10. The molecule has 2 heterocycles. The minimum Gasteiger partial charge on any atom is -0.493 e. The van der Waals surface area contributed by atoms with Crippen molar-refractivity contribution < 1.29 is 28.1 Å². The molecule has 0 amide bonds. The van der Waals surface area contributed by atoms with Crippen LogP contribution in [0, 0.1) is 18.3 Å². The fourth-order valence-electron chi connectivity index (χ4n) is 3.48. The molecule has 1 aliphatic heterocycles. The molecule has 1 unspecified atom stereocenters. The minimum absolute atomic E-state index is 0.0232. The van der Waals surface area contributed by atoms with Gasteiger partial charge in [0.1, 0.15) is 11.6 Å². The molecule has 13 heteroatoms. The van der Waals surface area contributed by atoms with Crippen molar-refractivity contribution in [3.05, 3.63) is 45.7 Å². The Morgan fingerprint density at radius 2 is 2.03 bits per heavy atom. The van der Waals surface area contributed by atoms with E-state index in [0.29, 0.717) is 6.61 Å². The van der Waals surface area contributed by atoms with Gasteiger partial charge in [0.05, 0.1) is 43.1 Å². The van der Waals surface area contributed by atoms with E-state index in [1.807, 2.05) is 6.07 Å². The van der Waals surface area contributed by atoms with Gasteiger partial charge < -0.3 is 19.7 Å². The fourth-order valence-corrected chi connectivity index (χ4v) is 4.54. The Bertz CT molecular complexity index is 1260. The first-order valence-corrected chi connectivity index (χ1v) is 12.4. The Morgan fingerprint density at radius 3 is 2.66 bits per heavy atom. The van der Waals surface area contributed by atoms with Crippen molar-refractivity contribution in [1.29, 1.82) is 5.26 Å². The van der Waals surface area contributed by atoms with E-state index in [1.54, 1.807) is 0 Å². The highest BCUT2D eigenvalue weighted by Gasteiger charge is 2.21. The van der Waals surface area contributed by atoms with Crippen molar-refractivity contribution in [1.82, 2.24) is 9.29 Å². The van der Waals surface area contributed by atoms with Crippen LogP contribution < -0.4 is 10.3 Å². The standard InChI is InChI=1S/C22H27N5O7S/c1-15-19(13-23)21(29)27(8-11-33-12-9-28)22(30)20(15)26-25-16-4-6-18(7-5-16)35(31,32)24-14-17-3-2-10-34-17/h4-7,17,24,28-29H,2-3,8-12,14H2,1H3. The number of aliphatic hydroxyl groups is 1. The predicted octanol–water partition coefficient (Wildman–Crippen LogP) is 1.62. The number of ether oxygens (including phenoxy) is 2. The fraction of sp³-hybridized carbons (Fsp3) is 0.455. The number of azo groups is 1. The maximum atomic E-state index is 12.9. The summed E-state index contributed by atoms with van der Waals surface area (Å²) in [5, 5.41) is 36.5. The summed E-state index contributed by atoms with van der Waals surface area (Å²) in [4.78, 5) is 12.9. The summed E-state index contributed by atoms with van der Waals surface area (Å²) < 4.78 is 39.0. The maximum Gasteiger partial charge on any atom is 0.281 e. The quantitative estimate of drug-likeness (QED) is 0.305. The Hall–Kier alpha value is -3.15. The van der Waals surface area contributed by atoms with Crippen LogP contribution in [-0.2, 0) is 26.0 Å². The van der Waals surface area contributed by atoms with Crippen LogP contribution in [-0.4, -0.2) is 62.3 Å². The van der Waals surface area contributed by atoms with E-state index in [-0.39, 0.29) is 66.4 Å². The number of pyridine rings is 1. The average Bonchev–Trinajstić information content (AvgIpc) is 3.37. The van der Waals surface area contributed by atoms with Gasteiger partial charge in [-0.05, 0) is 44.0 Å². The second-order valence-corrected chi connectivity index (χ2v) is 9.52. The van der Waals surface area contributed by atoms with E-state index in [1.165, 1.54) is 31.2 Å². The molecule has 1 aliphatic rings. The normalized spacial score (nSPS) is 16.1. The molecule has 1 fully saturated rings. The van der Waals surface area contributed by atoms with Gasteiger partial charge in [-0.3, -0.25) is 9.36 Å². The van der Waals surface area contributed by atoms with Gasteiger partial charge in [-0.2, -0.15) is 10.4 Å². The van der Waals surface area contributed by atoms with E-state index >= 15 is 0 Å². The van der Waals surface area contributed by atoms with Crippen molar-refractivity contribution in [3.8, 4) is 11.9 Å². The lowest BCUT2D eigenvalue weighted by molar-refractivity contribution is 0.0854. The molecule has 3 rings (SSSR count). The highest BCUT2D eigenvalue weighted by molar-refractivity contribution is 7.89. The summed E-state index contributed by atoms with van der Waals surface area (Å²) >= 11 is 0. The number of hydrogen-bond donors (Lipinski definition) is 3. The summed E-state index contributed by atoms with van der Waals surface area (Å²) in [5.74, 6) is -0.508. The Balaban J connectivity index is 1.79. The van der Waals surface area contributed by atoms with Gasteiger partial charge in [-0.1, -0.05) is 0 Å². The average molecular weight is 506 g/mol. The molecule has 0 saturated carbocycles. The zero-order valence-corrected chi connectivity index (χ0v) is 20.0. The molecule has 35 heavy (non-hydrogen) atoms. The maximum absolute atomic E-state index is 12.9. The highest BCUT2D eigenvalue weighted by Crippen LogP contribution is 2.27. The van der Waals surface area contributed by atoms with E-state index < -0.39 is 21.5 Å². The Labute approximate surface area is 202 Å². The van der Waals surface area contributed by atoms with Gasteiger partial charge in [0.25, 0.3) is 5.56 Å². The van der Waals surface area contributed by atoms with Gasteiger partial charge in [0.15, 0.2) is 5.69 Å². The molecule has 188 valence electrons. The molecule has 2 aromatic rings. The van der Waals surface area contributed by atoms with E-state index in [9.17, 15) is 23.6 Å². The van der Waals surface area contributed by atoms with Crippen molar-refractivity contribution in [3.63, 3.8) is 0 Å². The van der Waals surface area contributed by atoms with Crippen LogP contribution in [0.2, 0.25) is 0 Å². The molecule has 0 aliphatic carbocycles. The van der Waals surface area contributed by atoms with Crippen LogP contribution in [0.4, 0.5) is 11.4 Å². The first-order valence-electron chi connectivity index (χ1n) is 11.0. The zero-order valence-electron chi connectivity index (χ0n) is 19.2. The molecular formula is C22H27N5O7S. The van der Waals surface area contributed by atoms with Crippen LogP contribution in [0.25, 0.3) is 0 Å². The van der Waals surface area contributed by atoms with Crippen molar-refractivity contribution in [2.45, 2.75) is 37.3 Å². The minimum atomic E-state index is -3.72. The first kappa shape index (κ1) is 26.5. The summed E-state index contributed by atoms with van der Waals surface area (Å²) in [7, 11) is -3.72. The Kier molecular flexibility index (Phi) is 9.07. The van der Waals surface area contributed by atoms with E-state index in [4.69, 9.17) is 14.6 Å². The molecule has 1 saturated heterocycles. The number of nitrogens with zero attached hydrogens (tertiary/aromatic N) is 4. The largest absolute Gasteiger partial charge is 0.493 e. The molecular weight excluding hydrogens is 478 g/mol. The number of sulfonamides is 1. The Morgan fingerprint density at radius 1 is 1.29 bits per heavy atom. The van der Waals surface area contributed by atoms with Gasteiger partial charge in [0, 0.05) is 18.7 Å². The molecule has 0 spiro atoms. The summed E-state index contributed by atoms with van der Waals surface area (Å²) in [5.41, 5.74) is -0.501. The van der Waals surface area contributed by atoms with Crippen LogP contribution in [0.1, 0.15) is 24.0 Å². The first-order chi connectivity index (χ1) is 16.8. The van der Waals surface area contributed by atoms with E-state index in [0.717, 1.165) is 17.4 Å². The predicted molar refractivity (Wildman–Crippen MR) is 125 cm³/mol. The van der Waals surface area contributed by atoms with Crippen molar-refractivity contribution in [2.75, 3.05) is 33.0 Å². The topological polar surface area (TPSA) is 176 Å². The number of aromatic nitrogens is 1. The molecule has 0 radical (unpaired) electrons. The number of rotatable bonds is 11. The third-order valence-electron chi connectivity index (χ3n) is 5.40. The van der Waals surface area contributed by atoms with Crippen LogP contribution in [0.15, 0.2) is 44.2 Å². The van der Waals surface area contributed by atoms with Gasteiger partial charge in [-0.15, -0.1) is 5.11 Å². The van der Waals surface area contributed by atoms with Crippen LogP contribution >= 0.6 is 0 Å². The molecule has 0 bridgehead atoms. The zero-order chi connectivity index (χ0) is 25.4. The summed E-state index contributed by atoms with van der Waals surface area (Å²) in [6.45, 7) is 2.13. The molecule has 1 aromatic carbocycles. The number of benzene rings is 1. The molecule has 3 N–H and O–H groups in total. The lowest BCUT2D eigenvalue weighted by Crippen LogP contribution is -2.31. The number of nitriles is 1. The summed E-state index contributed by atoms with van der Waals surface area (Å²) in [6.07, 6.45) is 1.59. The molecule has 1 aromatic heterocycles. The number of aromatic hydroxyl groups is 1. The van der Waals surface area contributed by atoms with Crippen molar-refractivity contribution >= 4 is 21.4 Å². The number of nitrogens with one attached hydrogen (secondary N) is 1. The lowest BCUT2D eigenvalue weighted by atomic mass is 10.1. The van der Waals surface area contributed by atoms with Gasteiger partial charge in [0.2, 0.25) is 15.9 Å². The van der Waals surface area contributed by atoms with Crippen LogP contribution in [0.3, 0.4) is 0 Å². The SMILES string of the molecule is Cc1c(C#N)c(O)n(CCOCCO)c(=O)c1N=Nc1ccc(S(=O)(=O)NCC2CCCO2)cc1. The van der Waals surface area contributed by atoms with Crippen LogP contribution in [0.5, 0.6) is 5.88 Å². The molecule has 12 nitrogen and oxygen atoms in total. The molecule has 1 atom stereocenters. The number of aliphatic hydroxyl groups excluding tert-OH is 1. The van der Waals surface area contributed by atoms with Gasteiger partial charge in [-0.25, -0.2) is 13.1 Å². The summed E-state index contributed by atoms with van der Waals surface area (Å²) in [6, 6.07) is 7.46. The van der Waals surface area contributed by atoms with Crippen molar-refractivity contribution in [2.24, 2.45) is 10.2 Å². The second-order valence-electron chi connectivity index (χ2n) is 7.76. The smallest absolute Gasteiger partial charge is 0.281 e. The highest BCUT2D eigenvalue weighted by atomic mass is 32.2. The monoisotopic (exact) mass is 505 g/mol.